The summed E-state index contributed by atoms with van der Waals surface area (Å²) in [7, 11) is 0. The van der Waals surface area contributed by atoms with E-state index < -0.39 is 4.92 Å². The Kier molecular flexibility index (Phi) is 3.44. The molecule has 0 amide bonds. The molecular weight excluding hydrogens is 294 g/mol. The first-order valence-electron chi connectivity index (χ1n) is 6.19. The fourth-order valence-corrected chi connectivity index (χ4v) is 2.57. The second-order valence-corrected chi connectivity index (χ2v) is 4.93. The molecule has 2 heterocycles. The van der Waals surface area contributed by atoms with Crippen molar-refractivity contribution in [1.29, 1.82) is 0 Å². The van der Waals surface area contributed by atoms with Crippen LogP contribution in [0.3, 0.4) is 0 Å². The number of ether oxygens (including phenoxy) is 2. The zero-order valence-corrected chi connectivity index (χ0v) is 11.9. The number of hydrogen-bond acceptors (Lipinski definition) is 6. The van der Waals surface area contributed by atoms with Gasteiger partial charge in [0.05, 0.1) is 6.61 Å². The third kappa shape index (κ3) is 2.52. The molecule has 0 atom stereocenters. The van der Waals surface area contributed by atoms with E-state index in [4.69, 9.17) is 9.47 Å². The molecule has 108 valence electrons. The predicted octanol–water partition coefficient (Wildman–Crippen LogP) is 3.50. The van der Waals surface area contributed by atoms with Crippen molar-refractivity contribution in [3.8, 4) is 17.4 Å². The van der Waals surface area contributed by atoms with Gasteiger partial charge in [-0.15, -0.1) is 0 Å². The van der Waals surface area contributed by atoms with E-state index >= 15 is 0 Å². The highest BCUT2D eigenvalue weighted by atomic mass is 32.1. The zero-order valence-electron chi connectivity index (χ0n) is 11.1. The van der Waals surface area contributed by atoms with E-state index in [9.17, 15) is 10.1 Å². The topological polar surface area (TPSA) is 78.9 Å². The molecule has 0 saturated heterocycles. The summed E-state index contributed by atoms with van der Waals surface area (Å²) in [6, 6.07) is 6.84. The van der Waals surface area contributed by atoms with E-state index in [1.54, 1.807) is 35.8 Å². The average Bonchev–Trinajstić information content (AvgIpc) is 3.01. The predicted molar refractivity (Wildman–Crippen MR) is 77.4 cm³/mol. The van der Waals surface area contributed by atoms with Gasteiger partial charge in [0.15, 0.2) is 0 Å². The molecule has 1 aromatic carbocycles. The number of thiazole rings is 1. The highest BCUT2D eigenvalue weighted by Crippen LogP contribution is 2.33. The number of nitrogens with zero attached hydrogens (tertiary/aromatic N) is 3. The fourth-order valence-electron chi connectivity index (χ4n) is 1.87. The Labute approximate surface area is 123 Å². The molecule has 0 fully saturated rings. The summed E-state index contributed by atoms with van der Waals surface area (Å²) >= 11 is 1.31. The van der Waals surface area contributed by atoms with Gasteiger partial charge in [0.1, 0.15) is 17.7 Å². The average molecular weight is 305 g/mol. The van der Waals surface area contributed by atoms with Crippen LogP contribution in [0.25, 0.3) is 4.96 Å². The largest absolute Gasteiger partial charge is 0.494 e. The lowest BCUT2D eigenvalue weighted by molar-refractivity contribution is -0.391. The van der Waals surface area contributed by atoms with Gasteiger partial charge < -0.3 is 19.6 Å². The summed E-state index contributed by atoms with van der Waals surface area (Å²) < 4.78 is 12.2. The van der Waals surface area contributed by atoms with E-state index in [1.165, 1.54) is 15.7 Å². The first kappa shape index (κ1) is 13.4. The summed E-state index contributed by atoms with van der Waals surface area (Å²) in [6.45, 7) is 2.47. The highest BCUT2D eigenvalue weighted by molar-refractivity contribution is 7.15. The van der Waals surface area contributed by atoms with Crippen LogP contribution in [0.5, 0.6) is 17.4 Å². The lowest BCUT2D eigenvalue weighted by Gasteiger charge is -2.05. The Hall–Kier alpha value is -2.61. The summed E-state index contributed by atoms with van der Waals surface area (Å²) in [5.74, 6) is 0.980. The molecule has 0 saturated carbocycles. The molecule has 3 rings (SSSR count). The molecule has 2 aromatic heterocycles. The Morgan fingerprint density at radius 1 is 1.33 bits per heavy atom. The Morgan fingerprint density at radius 2 is 2.05 bits per heavy atom. The van der Waals surface area contributed by atoms with Gasteiger partial charge in [0.25, 0.3) is 4.96 Å². The lowest BCUT2D eigenvalue weighted by Crippen LogP contribution is -1.95. The van der Waals surface area contributed by atoms with Crippen LogP contribution in [0.15, 0.2) is 35.8 Å². The maximum atomic E-state index is 11.2. The van der Waals surface area contributed by atoms with Gasteiger partial charge in [0.2, 0.25) is 0 Å². The molecular formula is C13H11N3O4S. The van der Waals surface area contributed by atoms with E-state index in [0.717, 1.165) is 0 Å². The first-order chi connectivity index (χ1) is 10.2. The van der Waals surface area contributed by atoms with Crippen molar-refractivity contribution < 1.29 is 14.4 Å². The molecule has 0 unspecified atom stereocenters. The normalized spacial score (nSPS) is 10.7. The van der Waals surface area contributed by atoms with Crippen LogP contribution < -0.4 is 9.47 Å². The number of aromatic nitrogens is 2. The lowest BCUT2D eigenvalue weighted by atomic mass is 10.3. The quantitative estimate of drug-likeness (QED) is 0.532. The smallest absolute Gasteiger partial charge is 0.393 e. The molecule has 8 heteroatoms. The summed E-state index contributed by atoms with van der Waals surface area (Å²) in [4.78, 5) is 15.3. The third-order valence-corrected chi connectivity index (χ3v) is 3.48. The van der Waals surface area contributed by atoms with E-state index in [-0.39, 0.29) is 11.7 Å². The van der Waals surface area contributed by atoms with Crippen molar-refractivity contribution in [3.63, 3.8) is 0 Å². The maximum Gasteiger partial charge on any atom is 0.393 e. The van der Waals surface area contributed by atoms with Crippen LogP contribution in [-0.2, 0) is 0 Å². The summed E-state index contributed by atoms with van der Waals surface area (Å²) in [6.07, 6.45) is 1.59. The van der Waals surface area contributed by atoms with Gasteiger partial charge in [-0.2, -0.15) is 9.38 Å². The molecule has 0 aliphatic heterocycles. The highest BCUT2D eigenvalue weighted by Gasteiger charge is 2.25. The van der Waals surface area contributed by atoms with Gasteiger partial charge >= 0.3 is 11.7 Å². The minimum atomic E-state index is -0.503. The van der Waals surface area contributed by atoms with Crippen molar-refractivity contribution in [3.05, 3.63) is 46.0 Å². The van der Waals surface area contributed by atoms with Crippen LogP contribution in [0.1, 0.15) is 6.92 Å². The minimum Gasteiger partial charge on any atom is -0.494 e. The molecule has 7 nitrogen and oxygen atoms in total. The Bertz CT molecular complexity index is 778. The first-order valence-corrected chi connectivity index (χ1v) is 7.07. The van der Waals surface area contributed by atoms with Crippen LogP contribution in [0.4, 0.5) is 5.82 Å². The fraction of sp³-hybridized carbons (Fsp3) is 0.154. The van der Waals surface area contributed by atoms with Gasteiger partial charge in [-0.05, 0) is 36.1 Å². The monoisotopic (exact) mass is 305 g/mol. The van der Waals surface area contributed by atoms with Gasteiger partial charge in [-0.3, -0.25) is 0 Å². The van der Waals surface area contributed by atoms with Crippen molar-refractivity contribution in [2.24, 2.45) is 0 Å². The van der Waals surface area contributed by atoms with Gasteiger partial charge in [-0.1, -0.05) is 11.3 Å². The van der Waals surface area contributed by atoms with Crippen molar-refractivity contribution >= 4 is 22.1 Å². The second kappa shape index (κ2) is 5.41. The Balaban J connectivity index is 1.92. The number of rotatable bonds is 5. The molecule has 0 radical (unpaired) electrons. The summed E-state index contributed by atoms with van der Waals surface area (Å²) in [5.41, 5.74) is 0. The van der Waals surface area contributed by atoms with Crippen LogP contribution >= 0.6 is 11.3 Å². The minimum absolute atomic E-state index is 0.0176. The summed E-state index contributed by atoms with van der Waals surface area (Å²) in [5, 5.41) is 12.9. The molecule has 0 spiro atoms. The third-order valence-electron chi connectivity index (χ3n) is 2.73. The number of hydrogen-bond donors (Lipinski definition) is 0. The molecule has 0 bridgehead atoms. The van der Waals surface area contributed by atoms with Crippen molar-refractivity contribution in [2.45, 2.75) is 6.92 Å². The van der Waals surface area contributed by atoms with Crippen molar-refractivity contribution in [2.75, 3.05) is 6.61 Å². The molecule has 3 aromatic rings. The number of nitro groups is 1. The van der Waals surface area contributed by atoms with Crippen molar-refractivity contribution in [1.82, 2.24) is 9.38 Å². The maximum absolute atomic E-state index is 11.2. The van der Waals surface area contributed by atoms with E-state index in [1.807, 2.05) is 6.92 Å². The number of benzene rings is 1. The molecule has 0 N–H and O–H groups in total. The zero-order chi connectivity index (χ0) is 14.8. The number of imidazole rings is 1. The van der Waals surface area contributed by atoms with Gasteiger partial charge in [-0.25, -0.2) is 0 Å². The van der Waals surface area contributed by atoms with Gasteiger partial charge in [0, 0.05) is 5.38 Å². The molecule has 0 aliphatic rings. The van der Waals surface area contributed by atoms with Crippen LogP contribution in [-0.4, -0.2) is 20.9 Å². The number of fused-ring (bicyclic) bond motifs is 1. The van der Waals surface area contributed by atoms with Crippen LogP contribution in [0.2, 0.25) is 0 Å². The van der Waals surface area contributed by atoms with E-state index in [0.29, 0.717) is 23.1 Å². The standard InChI is InChI=1S/C13H11N3O4S/c1-2-19-9-3-5-10(6-4-9)20-11-12(16(17)18)15-7-8-21-13(15)14-11/h3-8H,2H2,1H3. The second-order valence-electron chi connectivity index (χ2n) is 4.06. The van der Waals surface area contributed by atoms with E-state index in [2.05, 4.69) is 4.98 Å². The molecule has 21 heavy (non-hydrogen) atoms. The molecule has 0 aliphatic carbocycles. The van der Waals surface area contributed by atoms with Crippen LogP contribution in [0, 0.1) is 10.1 Å². The SMILES string of the molecule is CCOc1ccc(Oc2nc3sccn3c2[N+](=O)[O-])cc1. The Morgan fingerprint density at radius 3 is 2.71 bits per heavy atom.